The van der Waals surface area contributed by atoms with E-state index in [1.807, 2.05) is 25.2 Å². The zero-order chi connectivity index (χ0) is 13.5. The maximum absolute atomic E-state index is 9.67. The van der Waals surface area contributed by atoms with Gasteiger partial charge in [0.15, 0.2) is 6.29 Å². The van der Waals surface area contributed by atoms with E-state index in [9.17, 15) is 15.3 Å². The normalized spacial score (nSPS) is 37.7. The lowest BCUT2D eigenvalue weighted by Crippen LogP contribution is -2.57. The Morgan fingerprint density at radius 2 is 1.72 bits per heavy atom. The number of aliphatic hydroxyl groups is 3. The summed E-state index contributed by atoms with van der Waals surface area (Å²) in [5, 5.41) is 28.7. The van der Waals surface area contributed by atoms with E-state index < -0.39 is 30.7 Å². The Kier molecular flexibility index (Phi) is 6.52. The van der Waals surface area contributed by atoms with Crippen LogP contribution in [-0.2, 0) is 9.47 Å². The molecule has 0 radical (unpaired) electrons. The Bertz CT molecular complexity index is 289. The first-order valence-electron chi connectivity index (χ1n) is 6.20. The highest BCUT2D eigenvalue weighted by molar-refractivity contribution is 5.02. The van der Waals surface area contributed by atoms with E-state index in [1.165, 1.54) is 0 Å². The predicted octanol–water partition coefficient (Wildman–Crippen LogP) is 0.353. The molecule has 5 atom stereocenters. The zero-order valence-electron chi connectivity index (χ0n) is 10.8. The number of ether oxygens (including phenoxy) is 2. The zero-order valence-corrected chi connectivity index (χ0v) is 10.8. The van der Waals surface area contributed by atoms with E-state index >= 15 is 0 Å². The summed E-state index contributed by atoms with van der Waals surface area (Å²) in [5.41, 5.74) is 0. The molecule has 1 saturated heterocycles. The van der Waals surface area contributed by atoms with Crippen LogP contribution >= 0.6 is 0 Å². The van der Waals surface area contributed by atoms with Crippen LogP contribution in [0.1, 0.15) is 20.3 Å². The van der Waals surface area contributed by atoms with Crippen LogP contribution < -0.4 is 0 Å². The van der Waals surface area contributed by atoms with E-state index in [0.29, 0.717) is 0 Å². The summed E-state index contributed by atoms with van der Waals surface area (Å²) < 4.78 is 10.6. The number of allylic oxidation sites excluding steroid dienone is 3. The summed E-state index contributed by atoms with van der Waals surface area (Å²) in [4.78, 5) is 0. The second-order valence-corrected chi connectivity index (χ2v) is 4.28. The second-order valence-electron chi connectivity index (χ2n) is 4.28. The fourth-order valence-corrected chi connectivity index (χ4v) is 1.65. The summed E-state index contributed by atoms with van der Waals surface area (Å²) in [5.74, 6) is 0. The monoisotopic (exact) mass is 258 g/mol. The third-order valence-electron chi connectivity index (χ3n) is 2.78. The van der Waals surface area contributed by atoms with Gasteiger partial charge in [-0.25, -0.2) is 0 Å². The van der Waals surface area contributed by atoms with Crippen molar-refractivity contribution in [1.82, 2.24) is 0 Å². The molecule has 3 N–H and O–H groups in total. The van der Waals surface area contributed by atoms with Gasteiger partial charge in [0, 0.05) is 0 Å². The van der Waals surface area contributed by atoms with Crippen molar-refractivity contribution in [2.45, 2.75) is 51.0 Å². The highest BCUT2D eigenvalue weighted by Crippen LogP contribution is 2.21. The van der Waals surface area contributed by atoms with Crippen LogP contribution in [0.5, 0.6) is 0 Å². The van der Waals surface area contributed by atoms with Gasteiger partial charge >= 0.3 is 0 Å². The molecule has 18 heavy (non-hydrogen) atoms. The fraction of sp³-hybridized carbons (Fsp3) is 0.692. The van der Waals surface area contributed by atoms with Crippen LogP contribution in [0.25, 0.3) is 0 Å². The maximum Gasteiger partial charge on any atom is 0.186 e. The molecule has 1 aliphatic rings. The highest BCUT2D eigenvalue weighted by Gasteiger charge is 2.42. The Balaban J connectivity index is 2.37. The molecule has 0 aromatic heterocycles. The van der Waals surface area contributed by atoms with Gasteiger partial charge in [-0.05, 0) is 13.3 Å². The van der Waals surface area contributed by atoms with Crippen molar-refractivity contribution in [3.05, 3.63) is 24.3 Å². The quantitative estimate of drug-likeness (QED) is 0.620. The molecule has 1 aliphatic heterocycles. The van der Waals surface area contributed by atoms with Gasteiger partial charge in [0.05, 0.1) is 12.7 Å². The predicted molar refractivity (Wildman–Crippen MR) is 66.9 cm³/mol. The molecule has 5 nitrogen and oxygen atoms in total. The van der Waals surface area contributed by atoms with Gasteiger partial charge in [-0.15, -0.1) is 0 Å². The van der Waals surface area contributed by atoms with Crippen LogP contribution in [0.4, 0.5) is 0 Å². The summed E-state index contributed by atoms with van der Waals surface area (Å²) in [6, 6.07) is 0. The third kappa shape index (κ3) is 4.19. The Hall–Kier alpha value is -0.720. The smallest absolute Gasteiger partial charge is 0.186 e. The molecule has 104 valence electrons. The van der Waals surface area contributed by atoms with Crippen molar-refractivity contribution in [3.63, 3.8) is 0 Å². The highest BCUT2D eigenvalue weighted by atomic mass is 16.7. The molecular weight excluding hydrogens is 236 g/mol. The largest absolute Gasteiger partial charge is 0.388 e. The summed E-state index contributed by atoms with van der Waals surface area (Å²) >= 11 is 0. The second kappa shape index (κ2) is 7.66. The summed E-state index contributed by atoms with van der Waals surface area (Å²) in [7, 11) is 0. The topological polar surface area (TPSA) is 79.2 Å². The van der Waals surface area contributed by atoms with Crippen LogP contribution in [0.3, 0.4) is 0 Å². The first kappa shape index (κ1) is 15.3. The number of hydrogen-bond acceptors (Lipinski definition) is 5. The summed E-state index contributed by atoms with van der Waals surface area (Å²) in [6.45, 7) is 3.93. The van der Waals surface area contributed by atoms with Gasteiger partial charge in [0.25, 0.3) is 0 Å². The minimum absolute atomic E-state index is 0.269. The molecule has 0 unspecified atom stereocenters. The molecule has 0 bridgehead atoms. The molecule has 1 heterocycles. The lowest BCUT2D eigenvalue weighted by atomic mass is 10.0. The van der Waals surface area contributed by atoms with Crippen molar-refractivity contribution < 1.29 is 24.8 Å². The number of hydrogen-bond donors (Lipinski definition) is 3. The van der Waals surface area contributed by atoms with E-state index in [4.69, 9.17) is 9.47 Å². The van der Waals surface area contributed by atoms with Gasteiger partial charge in [0.2, 0.25) is 0 Å². The molecule has 5 heteroatoms. The Morgan fingerprint density at radius 3 is 2.39 bits per heavy atom. The van der Waals surface area contributed by atoms with Crippen molar-refractivity contribution in [2.24, 2.45) is 0 Å². The van der Waals surface area contributed by atoms with Gasteiger partial charge in [-0.3, -0.25) is 0 Å². The lowest BCUT2D eigenvalue weighted by Gasteiger charge is -2.38. The van der Waals surface area contributed by atoms with Gasteiger partial charge in [-0.2, -0.15) is 0 Å². The number of rotatable bonds is 5. The first-order chi connectivity index (χ1) is 8.57. The van der Waals surface area contributed by atoms with Gasteiger partial charge < -0.3 is 24.8 Å². The van der Waals surface area contributed by atoms with Gasteiger partial charge in [0.1, 0.15) is 18.3 Å². The van der Waals surface area contributed by atoms with E-state index in [2.05, 4.69) is 0 Å². The molecule has 0 amide bonds. The fourth-order valence-electron chi connectivity index (χ4n) is 1.65. The molecule has 0 saturated carbocycles. The average molecular weight is 258 g/mol. The lowest BCUT2D eigenvalue weighted by molar-refractivity contribution is -0.290. The SMILES string of the molecule is CC/C=C\C=C\CO[C@@H]1O[C@H](C)[C@@H](O)[C@H](O)[C@H]1O. The minimum Gasteiger partial charge on any atom is -0.388 e. The van der Waals surface area contributed by atoms with Crippen molar-refractivity contribution in [1.29, 1.82) is 0 Å². The maximum atomic E-state index is 9.67. The molecule has 0 aliphatic carbocycles. The average Bonchev–Trinajstić information content (AvgIpc) is 2.37. The summed E-state index contributed by atoms with van der Waals surface area (Å²) in [6.07, 6.45) is 3.43. The van der Waals surface area contributed by atoms with E-state index in [1.54, 1.807) is 13.0 Å². The Labute approximate surface area is 107 Å². The Morgan fingerprint density at radius 1 is 1.06 bits per heavy atom. The minimum atomic E-state index is -1.25. The van der Waals surface area contributed by atoms with Crippen LogP contribution in [-0.4, -0.2) is 52.6 Å². The standard InChI is InChI=1S/C13H22O5/c1-3-4-5-6-7-8-17-13-12(16)11(15)10(14)9(2)18-13/h4-7,9-16H,3,8H2,1-2H3/b5-4-,7-6+/t9-,10-,11+,12-,13-/m1/s1. The first-order valence-corrected chi connectivity index (χ1v) is 6.20. The van der Waals surface area contributed by atoms with E-state index in [-0.39, 0.29) is 6.61 Å². The molecule has 0 aromatic rings. The molecule has 1 fully saturated rings. The third-order valence-corrected chi connectivity index (χ3v) is 2.78. The van der Waals surface area contributed by atoms with Crippen LogP contribution in [0, 0.1) is 0 Å². The molecule has 0 aromatic carbocycles. The molecule has 0 spiro atoms. The van der Waals surface area contributed by atoms with Crippen molar-refractivity contribution in [3.8, 4) is 0 Å². The van der Waals surface area contributed by atoms with E-state index in [0.717, 1.165) is 6.42 Å². The van der Waals surface area contributed by atoms with Gasteiger partial charge in [-0.1, -0.05) is 31.2 Å². The van der Waals surface area contributed by atoms with Crippen molar-refractivity contribution >= 4 is 0 Å². The van der Waals surface area contributed by atoms with Crippen LogP contribution in [0.15, 0.2) is 24.3 Å². The van der Waals surface area contributed by atoms with Crippen LogP contribution in [0.2, 0.25) is 0 Å². The molecular formula is C13H22O5. The molecule has 1 rings (SSSR count). The van der Waals surface area contributed by atoms with Crippen molar-refractivity contribution in [2.75, 3.05) is 6.61 Å². The number of aliphatic hydroxyl groups excluding tert-OH is 3.